The molecular formula is C15H30N2O. The number of amides is 1. The first-order valence-electron chi connectivity index (χ1n) is 7.34. The van der Waals surface area contributed by atoms with Gasteiger partial charge >= 0.3 is 0 Å². The van der Waals surface area contributed by atoms with Crippen LogP contribution in [0.2, 0.25) is 0 Å². The lowest BCUT2D eigenvalue weighted by Crippen LogP contribution is -2.48. The number of nitrogens with two attached hydrogens (primary N) is 1. The van der Waals surface area contributed by atoms with Crippen LogP contribution in [0.4, 0.5) is 0 Å². The molecule has 0 aromatic heterocycles. The summed E-state index contributed by atoms with van der Waals surface area (Å²) < 4.78 is 0. The third-order valence-electron chi connectivity index (χ3n) is 4.11. The van der Waals surface area contributed by atoms with Gasteiger partial charge in [-0.3, -0.25) is 4.79 Å². The highest BCUT2D eigenvalue weighted by molar-refractivity contribution is 5.82. The summed E-state index contributed by atoms with van der Waals surface area (Å²) in [6, 6.07) is -0.414. The molecule has 1 saturated carbocycles. The molecule has 1 fully saturated rings. The second-order valence-corrected chi connectivity index (χ2v) is 7.06. The van der Waals surface area contributed by atoms with E-state index in [0.717, 1.165) is 24.8 Å². The first kappa shape index (κ1) is 15.5. The van der Waals surface area contributed by atoms with Crippen molar-refractivity contribution in [2.45, 2.75) is 65.8 Å². The third kappa shape index (κ3) is 4.97. The smallest absolute Gasteiger partial charge is 0.237 e. The molecule has 3 nitrogen and oxygen atoms in total. The van der Waals surface area contributed by atoms with Crippen molar-refractivity contribution < 1.29 is 4.79 Å². The molecule has 1 aliphatic carbocycles. The van der Waals surface area contributed by atoms with Gasteiger partial charge in [0.2, 0.25) is 5.91 Å². The van der Waals surface area contributed by atoms with Crippen molar-refractivity contribution in [2.75, 3.05) is 6.54 Å². The number of rotatable bonds is 4. The van der Waals surface area contributed by atoms with Gasteiger partial charge < -0.3 is 11.1 Å². The van der Waals surface area contributed by atoms with Gasteiger partial charge in [-0.1, -0.05) is 47.0 Å². The van der Waals surface area contributed by atoms with E-state index in [2.05, 4.69) is 12.2 Å². The Kier molecular flexibility index (Phi) is 5.64. The molecule has 2 unspecified atom stereocenters. The van der Waals surface area contributed by atoms with E-state index in [1.807, 2.05) is 20.8 Å². The van der Waals surface area contributed by atoms with Gasteiger partial charge in [0.05, 0.1) is 6.04 Å². The number of carbonyl (C=O) groups is 1. The van der Waals surface area contributed by atoms with Crippen LogP contribution in [0.25, 0.3) is 0 Å². The fourth-order valence-corrected chi connectivity index (χ4v) is 2.72. The second kappa shape index (κ2) is 6.55. The molecule has 0 aromatic rings. The first-order chi connectivity index (χ1) is 8.30. The lowest BCUT2D eigenvalue weighted by atomic mass is 9.81. The maximum absolute atomic E-state index is 11.9. The van der Waals surface area contributed by atoms with E-state index in [9.17, 15) is 4.79 Å². The molecule has 3 heteroatoms. The van der Waals surface area contributed by atoms with Gasteiger partial charge in [0.1, 0.15) is 0 Å². The Hall–Kier alpha value is -0.570. The molecule has 3 N–H and O–H groups in total. The van der Waals surface area contributed by atoms with Crippen LogP contribution < -0.4 is 11.1 Å². The highest BCUT2D eigenvalue weighted by atomic mass is 16.2. The van der Waals surface area contributed by atoms with Gasteiger partial charge in [0.15, 0.2) is 0 Å². The zero-order valence-electron chi connectivity index (χ0n) is 12.5. The fraction of sp³-hybridized carbons (Fsp3) is 0.933. The molecule has 1 aliphatic rings. The summed E-state index contributed by atoms with van der Waals surface area (Å²) in [5.74, 6) is 1.64. The summed E-state index contributed by atoms with van der Waals surface area (Å²) in [4.78, 5) is 11.9. The fourth-order valence-electron chi connectivity index (χ4n) is 2.72. The molecule has 3 atom stereocenters. The summed E-state index contributed by atoms with van der Waals surface area (Å²) >= 11 is 0. The Labute approximate surface area is 112 Å². The third-order valence-corrected chi connectivity index (χ3v) is 4.11. The average molecular weight is 254 g/mol. The van der Waals surface area contributed by atoms with Crippen LogP contribution in [0, 0.1) is 17.3 Å². The normalized spacial score (nSPS) is 26.7. The van der Waals surface area contributed by atoms with Crippen LogP contribution in [0.15, 0.2) is 0 Å². The van der Waals surface area contributed by atoms with E-state index in [1.54, 1.807) is 0 Å². The molecular weight excluding hydrogens is 224 g/mol. The Morgan fingerprint density at radius 1 is 1.39 bits per heavy atom. The van der Waals surface area contributed by atoms with Crippen LogP contribution >= 0.6 is 0 Å². The van der Waals surface area contributed by atoms with E-state index < -0.39 is 6.04 Å². The quantitative estimate of drug-likeness (QED) is 0.810. The van der Waals surface area contributed by atoms with E-state index in [0.29, 0.717) is 0 Å². The monoisotopic (exact) mass is 254 g/mol. The Bertz CT molecular complexity index is 270. The molecule has 0 heterocycles. The lowest BCUT2D eigenvalue weighted by molar-refractivity contribution is -0.124. The Balaban J connectivity index is 2.23. The zero-order valence-corrected chi connectivity index (χ0v) is 12.5. The van der Waals surface area contributed by atoms with E-state index in [4.69, 9.17) is 5.73 Å². The van der Waals surface area contributed by atoms with Crippen LogP contribution in [-0.2, 0) is 4.79 Å². The van der Waals surface area contributed by atoms with Gasteiger partial charge in [0, 0.05) is 6.54 Å². The maximum atomic E-state index is 11.9. The predicted molar refractivity (Wildman–Crippen MR) is 76.2 cm³/mol. The van der Waals surface area contributed by atoms with Gasteiger partial charge in [-0.2, -0.15) is 0 Å². The van der Waals surface area contributed by atoms with Gasteiger partial charge in [-0.05, 0) is 30.1 Å². The molecule has 1 amide bonds. The minimum atomic E-state index is -0.414. The molecule has 106 valence electrons. The van der Waals surface area contributed by atoms with Gasteiger partial charge in [-0.15, -0.1) is 0 Å². The van der Waals surface area contributed by atoms with E-state index in [1.165, 1.54) is 25.7 Å². The minimum Gasteiger partial charge on any atom is -0.355 e. The molecule has 0 aromatic carbocycles. The first-order valence-corrected chi connectivity index (χ1v) is 7.34. The van der Waals surface area contributed by atoms with Crippen LogP contribution in [-0.4, -0.2) is 18.5 Å². The second-order valence-electron chi connectivity index (χ2n) is 7.06. The number of hydrogen-bond acceptors (Lipinski definition) is 2. The number of nitrogens with one attached hydrogen (secondary N) is 1. The Morgan fingerprint density at radius 2 is 2.06 bits per heavy atom. The number of hydrogen-bond donors (Lipinski definition) is 2. The maximum Gasteiger partial charge on any atom is 0.237 e. The van der Waals surface area contributed by atoms with Crippen molar-refractivity contribution in [3.05, 3.63) is 0 Å². The molecule has 0 spiro atoms. The largest absolute Gasteiger partial charge is 0.355 e. The van der Waals surface area contributed by atoms with E-state index >= 15 is 0 Å². The van der Waals surface area contributed by atoms with Crippen molar-refractivity contribution in [1.82, 2.24) is 5.32 Å². The van der Waals surface area contributed by atoms with Crippen molar-refractivity contribution in [3.8, 4) is 0 Å². The van der Waals surface area contributed by atoms with Crippen molar-refractivity contribution >= 4 is 5.91 Å². The summed E-state index contributed by atoms with van der Waals surface area (Å²) in [6.07, 6.45) is 6.47. The van der Waals surface area contributed by atoms with Crippen LogP contribution in [0.1, 0.15) is 59.8 Å². The van der Waals surface area contributed by atoms with Crippen LogP contribution in [0.3, 0.4) is 0 Å². The summed E-state index contributed by atoms with van der Waals surface area (Å²) in [6.45, 7) is 9.11. The Morgan fingerprint density at radius 3 is 2.61 bits per heavy atom. The van der Waals surface area contributed by atoms with Crippen molar-refractivity contribution in [1.29, 1.82) is 0 Å². The molecule has 1 rings (SSSR count). The lowest BCUT2D eigenvalue weighted by Gasteiger charge is -2.28. The topological polar surface area (TPSA) is 55.1 Å². The van der Waals surface area contributed by atoms with Crippen molar-refractivity contribution in [3.63, 3.8) is 0 Å². The highest BCUT2D eigenvalue weighted by Gasteiger charge is 2.27. The predicted octanol–water partition coefficient (Wildman–Crippen LogP) is 2.69. The SMILES string of the molecule is CC1CCCC(CCNC(=O)[C@H](N)C(C)(C)C)C1. The van der Waals surface area contributed by atoms with Crippen molar-refractivity contribution in [2.24, 2.45) is 23.0 Å². The zero-order chi connectivity index (χ0) is 13.8. The summed E-state index contributed by atoms with van der Waals surface area (Å²) in [5, 5.41) is 2.99. The molecule has 0 radical (unpaired) electrons. The number of carbonyl (C=O) groups excluding carboxylic acids is 1. The standard InChI is InChI=1S/C15H30N2O/c1-11-6-5-7-12(10-11)8-9-17-14(18)13(16)15(2,3)4/h11-13H,5-10,16H2,1-4H3,(H,17,18)/t11?,12?,13-/m0/s1. The summed E-state index contributed by atoms with van der Waals surface area (Å²) in [5.41, 5.74) is 5.76. The average Bonchev–Trinajstić information content (AvgIpc) is 2.26. The van der Waals surface area contributed by atoms with Gasteiger partial charge in [-0.25, -0.2) is 0 Å². The minimum absolute atomic E-state index is 0.00800. The molecule has 0 bridgehead atoms. The van der Waals surface area contributed by atoms with Gasteiger partial charge in [0.25, 0.3) is 0 Å². The summed E-state index contributed by atoms with van der Waals surface area (Å²) in [7, 11) is 0. The highest BCUT2D eigenvalue weighted by Crippen LogP contribution is 2.30. The van der Waals surface area contributed by atoms with E-state index in [-0.39, 0.29) is 11.3 Å². The molecule has 18 heavy (non-hydrogen) atoms. The van der Waals surface area contributed by atoms with Crippen LogP contribution in [0.5, 0.6) is 0 Å². The molecule has 0 aliphatic heterocycles. The molecule has 0 saturated heterocycles.